The molecule has 0 aliphatic carbocycles. The van der Waals surface area contributed by atoms with Gasteiger partial charge in [-0.1, -0.05) is 13.8 Å². The maximum Gasteiger partial charge on any atom is 0.306 e. The highest BCUT2D eigenvalue weighted by Gasteiger charge is 2.16. The smallest absolute Gasteiger partial charge is 0.306 e. The van der Waals surface area contributed by atoms with E-state index in [9.17, 15) is 4.79 Å². The number of esters is 1. The van der Waals surface area contributed by atoms with E-state index in [1.54, 1.807) is 11.3 Å². The van der Waals surface area contributed by atoms with Crippen LogP contribution in [0, 0.1) is 5.92 Å². The summed E-state index contributed by atoms with van der Waals surface area (Å²) in [6.45, 7) is 12.1. The van der Waals surface area contributed by atoms with Crippen LogP contribution < -0.4 is 4.90 Å². The van der Waals surface area contributed by atoms with Crippen LogP contribution in [-0.2, 0) is 16.0 Å². The molecule has 0 bridgehead atoms. The number of carbonyl (C=O) groups excluding carboxylic acids is 1. The van der Waals surface area contributed by atoms with Crippen molar-refractivity contribution in [2.24, 2.45) is 5.92 Å². The number of aryl methyl sites for hydroxylation is 1. The van der Waals surface area contributed by atoms with Crippen molar-refractivity contribution in [2.75, 3.05) is 18.1 Å². The molecular weight excluding hydrogens is 272 g/mol. The summed E-state index contributed by atoms with van der Waals surface area (Å²) in [6.07, 6.45) is 1.06. The van der Waals surface area contributed by atoms with Crippen LogP contribution in [0.15, 0.2) is 5.38 Å². The lowest BCUT2D eigenvalue weighted by atomic mass is 10.2. The number of thiazole rings is 1. The zero-order valence-electron chi connectivity index (χ0n) is 13.2. The van der Waals surface area contributed by atoms with Gasteiger partial charge in [-0.2, -0.15) is 0 Å². The van der Waals surface area contributed by atoms with Gasteiger partial charge in [0.05, 0.1) is 18.7 Å². The van der Waals surface area contributed by atoms with Gasteiger partial charge in [0.2, 0.25) is 0 Å². The zero-order chi connectivity index (χ0) is 15.1. The van der Waals surface area contributed by atoms with Gasteiger partial charge in [-0.3, -0.25) is 4.79 Å². The van der Waals surface area contributed by atoms with Gasteiger partial charge in [0, 0.05) is 24.4 Å². The summed E-state index contributed by atoms with van der Waals surface area (Å²) >= 11 is 1.66. The number of hydrogen-bond acceptors (Lipinski definition) is 5. The maximum atomic E-state index is 11.4. The zero-order valence-corrected chi connectivity index (χ0v) is 14.0. The van der Waals surface area contributed by atoms with E-state index in [1.807, 2.05) is 12.3 Å². The van der Waals surface area contributed by atoms with Crippen molar-refractivity contribution in [3.8, 4) is 0 Å². The summed E-state index contributed by atoms with van der Waals surface area (Å²) in [5.41, 5.74) is 0.979. The van der Waals surface area contributed by atoms with Crippen molar-refractivity contribution >= 4 is 22.4 Å². The molecule has 0 atom stereocenters. The molecule has 0 fully saturated rings. The molecule has 1 heterocycles. The average molecular weight is 298 g/mol. The third-order valence-electron chi connectivity index (χ3n) is 2.86. The molecule has 0 unspecified atom stereocenters. The number of ether oxygens (including phenoxy) is 1. The van der Waals surface area contributed by atoms with Crippen LogP contribution in [0.2, 0.25) is 0 Å². The van der Waals surface area contributed by atoms with Crippen molar-refractivity contribution in [1.29, 1.82) is 0 Å². The molecule has 0 saturated heterocycles. The highest BCUT2D eigenvalue weighted by molar-refractivity contribution is 7.13. The number of aromatic nitrogens is 1. The van der Waals surface area contributed by atoms with Gasteiger partial charge in [0.1, 0.15) is 0 Å². The topological polar surface area (TPSA) is 42.4 Å². The molecule has 1 rings (SSSR count). The summed E-state index contributed by atoms with van der Waals surface area (Å²) in [5.74, 6) is 0.453. The highest BCUT2D eigenvalue weighted by Crippen LogP contribution is 2.24. The predicted octanol–water partition coefficient (Wildman–Crippen LogP) is 3.51. The lowest BCUT2D eigenvalue weighted by Crippen LogP contribution is -2.34. The molecule has 114 valence electrons. The number of rotatable bonds is 8. The van der Waals surface area contributed by atoms with Gasteiger partial charge in [-0.05, 0) is 26.7 Å². The minimum atomic E-state index is -0.148. The van der Waals surface area contributed by atoms with Gasteiger partial charge in [0.15, 0.2) is 5.13 Å². The summed E-state index contributed by atoms with van der Waals surface area (Å²) in [5, 5.41) is 3.09. The Balaban J connectivity index is 2.62. The molecule has 0 spiro atoms. The Bertz CT molecular complexity index is 416. The molecule has 1 aromatic heterocycles. The lowest BCUT2D eigenvalue weighted by Gasteiger charge is -2.27. The molecule has 4 nitrogen and oxygen atoms in total. The largest absolute Gasteiger partial charge is 0.466 e. The van der Waals surface area contributed by atoms with Crippen LogP contribution in [-0.4, -0.2) is 30.1 Å². The van der Waals surface area contributed by atoms with E-state index in [2.05, 4.69) is 37.6 Å². The first-order valence-electron chi connectivity index (χ1n) is 7.30. The van der Waals surface area contributed by atoms with E-state index < -0.39 is 0 Å². The van der Waals surface area contributed by atoms with Crippen molar-refractivity contribution in [3.05, 3.63) is 11.1 Å². The Morgan fingerprint density at radius 3 is 2.65 bits per heavy atom. The second-order valence-electron chi connectivity index (χ2n) is 5.57. The molecule has 0 aliphatic rings. The molecule has 0 saturated carbocycles. The molecule has 20 heavy (non-hydrogen) atoms. The van der Waals surface area contributed by atoms with E-state index in [0.717, 1.165) is 17.4 Å². The van der Waals surface area contributed by atoms with E-state index in [0.29, 0.717) is 31.4 Å². The Hall–Kier alpha value is -1.10. The van der Waals surface area contributed by atoms with Gasteiger partial charge >= 0.3 is 5.97 Å². The fraction of sp³-hybridized carbons (Fsp3) is 0.733. The molecule has 0 aromatic carbocycles. The normalized spacial score (nSPS) is 11.2. The Morgan fingerprint density at radius 2 is 2.10 bits per heavy atom. The predicted molar refractivity (Wildman–Crippen MR) is 84.4 cm³/mol. The molecule has 1 aromatic rings. The van der Waals surface area contributed by atoms with E-state index in [1.165, 1.54) is 0 Å². The Labute approximate surface area is 126 Å². The molecular formula is C15H26N2O2S. The monoisotopic (exact) mass is 298 g/mol. The molecule has 0 aliphatic heterocycles. The first-order valence-corrected chi connectivity index (χ1v) is 8.18. The quantitative estimate of drug-likeness (QED) is 0.689. The first kappa shape index (κ1) is 17.0. The van der Waals surface area contributed by atoms with Gasteiger partial charge < -0.3 is 9.64 Å². The second-order valence-corrected chi connectivity index (χ2v) is 6.40. The number of carbonyl (C=O) groups is 1. The van der Waals surface area contributed by atoms with E-state index >= 15 is 0 Å². The van der Waals surface area contributed by atoms with Crippen LogP contribution >= 0.6 is 11.3 Å². The highest BCUT2D eigenvalue weighted by atomic mass is 32.1. The number of hydrogen-bond donors (Lipinski definition) is 0. The molecule has 0 radical (unpaired) electrons. The summed E-state index contributed by atoms with van der Waals surface area (Å²) in [4.78, 5) is 18.3. The van der Waals surface area contributed by atoms with Crippen molar-refractivity contribution < 1.29 is 9.53 Å². The third-order valence-corrected chi connectivity index (χ3v) is 3.79. The fourth-order valence-corrected chi connectivity index (χ4v) is 2.91. The second kappa shape index (κ2) is 8.25. The summed E-state index contributed by atoms with van der Waals surface area (Å²) < 4.78 is 4.93. The SMILES string of the molecule is CCOC(=O)CCc1csc(N(CC(C)C)C(C)C)n1. The lowest BCUT2D eigenvalue weighted by molar-refractivity contribution is -0.143. The minimum absolute atomic E-state index is 0.148. The maximum absolute atomic E-state index is 11.4. The van der Waals surface area contributed by atoms with E-state index in [-0.39, 0.29) is 5.97 Å². The Morgan fingerprint density at radius 1 is 1.40 bits per heavy atom. The standard InChI is InChI=1S/C15H26N2O2S/c1-6-19-14(18)8-7-13-10-20-15(16-13)17(12(4)5)9-11(2)3/h10-12H,6-9H2,1-5H3. The van der Waals surface area contributed by atoms with E-state index in [4.69, 9.17) is 4.74 Å². The molecule has 5 heteroatoms. The van der Waals surface area contributed by atoms with Crippen molar-refractivity contribution in [1.82, 2.24) is 4.98 Å². The van der Waals surface area contributed by atoms with Crippen LogP contribution in [0.3, 0.4) is 0 Å². The van der Waals surface area contributed by atoms with Gasteiger partial charge in [-0.15, -0.1) is 11.3 Å². The van der Waals surface area contributed by atoms with Crippen molar-refractivity contribution in [3.63, 3.8) is 0 Å². The number of nitrogens with zero attached hydrogens (tertiary/aromatic N) is 2. The third kappa shape index (κ3) is 5.49. The fourth-order valence-electron chi connectivity index (χ4n) is 1.91. The van der Waals surface area contributed by atoms with Crippen LogP contribution in [0.5, 0.6) is 0 Å². The number of anilines is 1. The minimum Gasteiger partial charge on any atom is -0.466 e. The van der Waals surface area contributed by atoms with Gasteiger partial charge in [0.25, 0.3) is 0 Å². The summed E-state index contributed by atoms with van der Waals surface area (Å²) in [6, 6.07) is 0.432. The average Bonchev–Trinajstić information content (AvgIpc) is 2.82. The van der Waals surface area contributed by atoms with Gasteiger partial charge in [-0.25, -0.2) is 4.98 Å². The van der Waals surface area contributed by atoms with Crippen molar-refractivity contribution in [2.45, 2.75) is 53.5 Å². The molecule has 0 N–H and O–H groups in total. The molecule has 0 amide bonds. The van der Waals surface area contributed by atoms with Crippen LogP contribution in [0.25, 0.3) is 0 Å². The summed E-state index contributed by atoms with van der Waals surface area (Å²) in [7, 11) is 0. The van der Waals surface area contributed by atoms with Crippen LogP contribution in [0.1, 0.15) is 46.7 Å². The van der Waals surface area contributed by atoms with Crippen LogP contribution in [0.4, 0.5) is 5.13 Å². The first-order chi connectivity index (χ1) is 9.43. The Kier molecular flexibility index (Phi) is 6.99.